The maximum Gasteiger partial charge on any atom is 0.379 e. The number of halogens is 1. The Labute approximate surface area is 159 Å². The Balaban J connectivity index is 1.74. The first kappa shape index (κ1) is 17.9. The summed E-state index contributed by atoms with van der Waals surface area (Å²) in [5.74, 6) is -2.53. The molecule has 0 saturated heterocycles. The summed E-state index contributed by atoms with van der Waals surface area (Å²) in [6.45, 7) is 1.62. The first-order chi connectivity index (χ1) is 13.4. The highest BCUT2D eigenvalue weighted by Gasteiger charge is 2.50. The van der Waals surface area contributed by atoms with Gasteiger partial charge in [-0.25, -0.2) is 9.18 Å². The molecule has 0 bridgehead atoms. The van der Waals surface area contributed by atoms with Crippen molar-refractivity contribution in [3.8, 4) is 6.07 Å². The molecule has 28 heavy (non-hydrogen) atoms. The number of benzene rings is 1. The molecule has 142 valence electrons. The Kier molecular flexibility index (Phi) is 4.03. The molecule has 0 spiro atoms. The zero-order chi connectivity index (χ0) is 20.2. The van der Waals surface area contributed by atoms with Crippen LogP contribution < -0.4 is 5.32 Å². The summed E-state index contributed by atoms with van der Waals surface area (Å²) in [6, 6.07) is 5.57. The molecule has 8 heteroatoms. The smallest absolute Gasteiger partial charge is 0.379 e. The van der Waals surface area contributed by atoms with E-state index < -0.39 is 23.5 Å². The number of ether oxygens (including phenoxy) is 1. The number of ketones is 1. The second kappa shape index (κ2) is 6.30. The lowest BCUT2D eigenvalue weighted by atomic mass is 10.0. The fourth-order valence-corrected chi connectivity index (χ4v) is 4.01. The van der Waals surface area contributed by atoms with Crippen LogP contribution in [0.3, 0.4) is 0 Å². The minimum Gasteiger partial charge on any atom is -0.463 e. The van der Waals surface area contributed by atoms with Crippen molar-refractivity contribution in [3.05, 3.63) is 52.1 Å². The van der Waals surface area contributed by atoms with E-state index in [0.29, 0.717) is 29.3 Å². The van der Waals surface area contributed by atoms with Gasteiger partial charge in [0.1, 0.15) is 17.6 Å². The minimum absolute atomic E-state index is 0.136. The Morgan fingerprint density at radius 1 is 1.36 bits per heavy atom. The lowest BCUT2D eigenvalue weighted by molar-refractivity contribution is -0.135. The van der Waals surface area contributed by atoms with Crippen molar-refractivity contribution in [1.29, 1.82) is 5.26 Å². The van der Waals surface area contributed by atoms with Crippen LogP contribution in [0.5, 0.6) is 0 Å². The third kappa shape index (κ3) is 2.59. The van der Waals surface area contributed by atoms with Crippen LogP contribution >= 0.6 is 0 Å². The molecule has 4 rings (SSSR count). The second-order valence-corrected chi connectivity index (χ2v) is 7.01. The number of nitrogens with zero attached hydrogens (tertiary/aromatic N) is 2. The highest BCUT2D eigenvalue weighted by atomic mass is 19.1. The van der Waals surface area contributed by atoms with Crippen molar-refractivity contribution in [1.82, 2.24) is 4.57 Å². The van der Waals surface area contributed by atoms with Gasteiger partial charge in [0.25, 0.3) is 11.7 Å². The zero-order valence-corrected chi connectivity index (χ0v) is 15.2. The third-order valence-electron chi connectivity index (χ3n) is 5.38. The Hall–Kier alpha value is -3.47. The quantitative estimate of drug-likeness (QED) is 0.498. The lowest BCUT2D eigenvalue weighted by Crippen LogP contribution is -2.19. The van der Waals surface area contributed by atoms with Crippen molar-refractivity contribution >= 4 is 23.3 Å². The van der Waals surface area contributed by atoms with Crippen LogP contribution in [0, 0.1) is 30.0 Å². The van der Waals surface area contributed by atoms with E-state index in [4.69, 9.17) is 5.26 Å². The summed E-state index contributed by atoms with van der Waals surface area (Å²) in [6.07, 6.45) is 1.55. The molecule has 1 N–H and O–H groups in total. The summed E-state index contributed by atoms with van der Waals surface area (Å²) in [5.41, 5.74) is 1.70. The number of Topliss-reactive ketones (excluding diaryl/α,β-unsaturated/α-hetero) is 1. The van der Waals surface area contributed by atoms with Gasteiger partial charge in [0.15, 0.2) is 0 Å². The molecule has 1 saturated carbocycles. The molecular weight excluding hydrogens is 365 g/mol. The van der Waals surface area contributed by atoms with Crippen molar-refractivity contribution in [3.63, 3.8) is 0 Å². The van der Waals surface area contributed by atoms with E-state index in [1.165, 1.54) is 12.1 Å². The molecule has 7 nitrogen and oxygen atoms in total. The van der Waals surface area contributed by atoms with Gasteiger partial charge in [-0.2, -0.15) is 5.26 Å². The van der Waals surface area contributed by atoms with Gasteiger partial charge in [-0.05, 0) is 49.4 Å². The zero-order valence-electron chi connectivity index (χ0n) is 15.2. The van der Waals surface area contributed by atoms with Crippen LogP contribution in [0.25, 0.3) is 0 Å². The van der Waals surface area contributed by atoms with Crippen molar-refractivity contribution < 1.29 is 23.5 Å². The number of anilines is 1. The predicted molar refractivity (Wildman–Crippen MR) is 95.4 cm³/mol. The summed E-state index contributed by atoms with van der Waals surface area (Å²) in [7, 11) is 1.14. The molecule has 1 aromatic heterocycles. The van der Waals surface area contributed by atoms with Gasteiger partial charge >= 0.3 is 5.97 Å². The lowest BCUT2D eigenvalue weighted by Gasteiger charge is -2.10. The largest absolute Gasteiger partial charge is 0.463 e. The van der Waals surface area contributed by atoms with Crippen LogP contribution in [-0.4, -0.2) is 29.3 Å². The Morgan fingerprint density at radius 3 is 2.79 bits per heavy atom. The van der Waals surface area contributed by atoms with Gasteiger partial charge in [0.2, 0.25) is 0 Å². The maximum atomic E-state index is 13.5. The molecular formula is C20H16FN3O4. The summed E-state index contributed by atoms with van der Waals surface area (Å²) in [4.78, 5) is 37.3. The first-order valence-electron chi connectivity index (χ1n) is 8.74. The number of nitrogens with one attached hydrogen (secondary N) is 1. The van der Waals surface area contributed by atoms with Crippen LogP contribution in [0.4, 0.5) is 10.1 Å². The molecule has 1 aliphatic carbocycles. The van der Waals surface area contributed by atoms with E-state index in [2.05, 4.69) is 10.1 Å². The topological polar surface area (TPSA) is 101 Å². The summed E-state index contributed by atoms with van der Waals surface area (Å²) >= 11 is 0. The standard InChI is InChI=1S/C20H16FN3O4/c1-9-16(18(25)20(27)28-2)15-7-10-6-14(10)24(15)17(9)19(26)23-12-3-4-13(21)11(5-12)8-22/h3-5,10,14H,6-7H2,1-2H3,(H,23,26)/t10-,14-/m1/s1. The van der Waals surface area contributed by atoms with E-state index in [1.807, 2.05) is 4.57 Å². The predicted octanol–water partition coefficient (Wildman–Crippen LogP) is 2.53. The number of nitriles is 1. The van der Waals surface area contributed by atoms with Crippen molar-refractivity contribution in [2.75, 3.05) is 12.4 Å². The second-order valence-electron chi connectivity index (χ2n) is 7.01. The minimum atomic E-state index is -0.971. The van der Waals surface area contributed by atoms with E-state index in [1.54, 1.807) is 13.0 Å². The number of hydrogen-bond acceptors (Lipinski definition) is 5. The Bertz CT molecular complexity index is 1100. The number of hydrogen-bond donors (Lipinski definition) is 1. The number of esters is 1. The van der Waals surface area contributed by atoms with E-state index in [9.17, 15) is 18.8 Å². The number of aromatic nitrogens is 1. The number of fused-ring (bicyclic) bond motifs is 3. The van der Waals surface area contributed by atoms with Gasteiger partial charge < -0.3 is 14.6 Å². The van der Waals surface area contributed by atoms with E-state index >= 15 is 0 Å². The molecule has 2 aromatic rings. The van der Waals surface area contributed by atoms with E-state index in [-0.39, 0.29) is 22.9 Å². The average Bonchev–Trinajstić information content (AvgIpc) is 3.26. The summed E-state index contributed by atoms with van der Waals surface area (Å²) < 4.78 is 19.9. The van der Waals surface area contributed by atoms with E-state index in [0.717, 1.165) is 19.6 Å². The maximum absolute atomic E-state index is 13.5. The first-order valence-corrected chi connectivity index (χ1v) is 8.74. The fourth-order valence-electron chi connectivity index (χ4n) is 4.01. The molecule has 1 aromatic carbocycles. The van der Waals surface area contributed by atoms with Gasteiger partial charge in [-0.1, -0.05) is 0 Å². The molecule has 0 radical (unpaired) electrons. The van der Waals surface area contributed by atoms with Crippen molar-refractivity contribution in [2.45, 2.75) is 25.8 Å². The molecule has 1 fully saturated rings. The van der Waals surface area contributed by atoms with Crippen molar-refractivity contribution in [2.24, 2.45) is 5.92 Å². The number of rotatable bonds is 4. The fraction of sp³-hybridized carbons (Fsp3) is 0.300. The molecule has 1 aliphatic heterocycles. The highest BCUT2D eigenvalue weighted by Crippen LogP contribution is 2.54. The third-order valence-corrected chi connectivity index (χ3v) is 5.38. The average molecular weight is 381 g/mol. The molecule has 0 unspecified atom stereocenters. The van der Waals surface area contributed by atoms with Gasteiger partial charge in [0.05, 0.1) is 18.2 Å². The van der Waals surface area contributed by atoms with Gasteiger partial charge in [-0.15, -0.1) is 0 Å². The van der Waals surface area contributed by atoms with Crippen LogP contribution in [-0.2, 0) is 16.0 Å². The van der Waals surface area contributed by atoms with Gasteiger partial charge in [0, 0.05) is 17.4 Å². The van der Waals surface area contributed by atoms with Crippen LogP contribution in [0.2, 0.25) is 0 Å². The number of carbonyl (C=O) groups excluding carboxylic acids is 3. The number of carbonyl (C=O) groups is 3. The number of methoxy groups -OCH3 is 1. The number of amides is 1. The van der Waals surface area contributed by atoms with Crippen LogP contribution in [0.1, 0.15) is 50.1 Å². The molecule has 2 atom stereocenters. The highest BCUT2D eigenvalue weighted by molar-refractivity contribution is 6.41. The normalized spacial score (nSPS) is 18.6. The summed E-state index contributed by atoms with van der Waals surface area (Å²) in [5, 5.41) is 11.6. The Morgan fingerprint density at radius 2 is 2.11 bits per heavy atom. The van der Waals surface area contributed by atoms with Gasteiger partial charge in [-0.3, -0.25) is 9.59 Å². The molecule has 2 aliphatic rings. The van der Waals surface area contributed by atoms with Crippen LogP contribution in [0.15, 0.2) is 18.2 Å². The SMILES string of the molecule is COC(=O)C(=O)c1c(C)c(C(=O)Nc2ccc(F)c(C#N)c2)n2c1C[C@H]1C[C@H]12. The monoisotopic (exact) mass is 381 g/mol. The molecule has 1 amide bonds. The molecule has 2 heterocycles.